The van der Waals surface area contributed by atoms with Crippen LogP contribution in [0, 0.1) is 17.2 Å². The fraction of sp³-hybridized carbons (Fsp3) is 0.500. The molecule has 0 fully saturated rings. The molecule has 7 nitrogen and oxygen atoms in total. The van der Waals surface area contributed by atoms with Crippen molar-refractivity contribution in [2.45, 2.75) is 51.1 Å². The Hall–Kier alpha value is -2.95. The van der Waals surface area contributed by atoms with Crippen molar-refractivity contribution in [3.05, 3.63) is 47.0 Å². The van der Waals surface area contributed by atoms with E-state index in [0.717, 1.165) is 29.0 Å². The first-order chi connectivity index (χ1) is 16.8. The molecule has 3 atom stereocenters. The van der Waals surface area contributed by atoms with Crippen LogP contribution in [-0.2, 0) is 12.0 Å². The highest BCUT2D eigenvalue weighted by molar-refractivity contribution is 6.01. The van der Waals surface area contributed by atoms with Gasteiger partial charge in [-0.2, -0.15) is 5.26 Å². The second-order valence-corrected chi connectivity index (χ2v) is 9.50. The molecule has 8 heteroatoms. The summed E-state index contributed by atoms with van der Waals surface area (Å²) in [6.45, 7) is 4.87. The number of Topliss-reactive ketones (excluding diaryl/α,β-unsaturated/α-hetero) is 1. The molecule has 0 radical (unpaired) electrons. The van der Waals surface area contributed by atoms with Gasteiger partial charge in [-0.1, -0.05) is 19.9 Å². The van der Waals surface area contributed by atoms with Gasteiger partial charge in [-0.25, -0.2) is 0 Å². The van der Waals surface area contributed by atoms with E-state index in [9.17, 15) is 10.1 Å². The number of nitrogens with one attached hydrogen (secondary N) is 1. The summed E-state index contributed by atoms with van der Waals surface area (Å²) in [6, 6.07) is 11.8. The molecule has 2 aromatic rings. The third-order valence-corrected chi connectivity index (χ3v) is 7.40. The summed E-state index contributed by atoms with van der Waals surface area (Å²) < 4.78 is 21.7. The largest absolute Gasteiger partial charge is 1.00 e. The van der Waals surface area contributed by atoms with Crippen molar-refractivity contribution in [3.8, 4) is 29.1 Å². The number of halogens is 1. The van der Waals surface area contributed by atoms with E-state index in [1.807, 2.05) is 24.3 Å². The van der Waals surface area contributed by atoms with Crippen LogP contribution in [-0.4, -0.2) is 47.3 Å². The number of rotatable bonds is 10. The Morgan fingerprint density at radius 2 is 1.58 bits per heavy atom. The van der Waals surface area contributed by atoms with Crippen molar-refractivity contribution in [2.75, 3.05) is 35.5 Å². The van der Waals surface area contributed by atoms with E-state index in [0.29, 0.717) is 41.4 Å². The Kier molecular flexibility index (Phi) is 10.0. The van der Waals surface area contributed by atoms with Gasteiger partial charge >= 0.3 is 0 Å². The number of quaternary nitrogens is 1. The lowest BCUT2D eigenvalue weighted by atomic mass is 9.69. The monoisotopic (exact) mass is 516 g/mol. The Morgan fingerprint density at radius 1 is 1.00 bits per heavy atom. The second-order valence-electron chi connectivity index (χ2n) is 9.50. The van der Waals surface area contributed by atoms with E-state index in [-0.39, 0.29) is 30.2 Å². The van der Waals surface area contributed by atoms with Crippen molar-refractivity contribution >= 4 is 5.78 Å². The van der Waals surface area contributed by atoms with E-state index >= 15 is 0 Å². The average molecular weight is 517 g/mol. The number of nitriles is 1. The predicted octanol–water partition coefficient (Wildman–Crippen LogP) is 0.592. The lowest BCUT2D eigenvalue weighted by Crippen LogP contribution is -3.13. The van der Waals surface area contributed by atoms with E-state index in [1.165, 1.54) is 0 Å². The maximum atomic E-state index is 13.5. The molecular weight excluding hydrogens is 480 g/mol. The third-order valence-electron chi connectivity index (χ3n) is 7.40. The van der Waals surface area contributed by atoms with Gasteiger partial charge in [0.15, 0.2) is 29.0 Å². The number of ketones is 1. The number of fused-ring (bicyclic) bond motifs is 1. The zero-order valence-electron chi connectivity index (χ0n) is 22.2. The molecule has 0 amide bonds. The number of carbonyl (C=O) groups excluding carboxylic acids is 1. The minimum absolute atomic E-state index is 0. The van der Waals surface area contributed by atoms with Crippen LogP contribution < -0.4 is 36.3 Å². The first-order valence-corrected chi connectivity index (χ1v) is 12.0. The molecule has 1 N–H and O–H groups in total. The zero-order valence-corrected chi connectivity index (χ0v) is 23.0. The number of hydrogen-bond acceptors (Lipinski definition) is 6. The first kappa shape index (κ1) is 29.3. The number of hydrogen-bond donors (Lipinski definition) is 1. The molecule has 0 spiro atoms. The second kappa shape index (κ2) is 12.3. The van der Waals surface area contributed by atoms with E-state index < -0.39 is 5.41 Å². The van der Waals surface area contributed by atoms with Crippen LogP contribution in [0.15, 0.2) is 30.3 Å². The Morgan fingerprint density at radius 3 is 2.14 bits per heavy atom. The molecule has 196 valence electrons. The topological polar surface area (TPSA) is 82.2 Å². The smallest absolute Gasteiger partial charge is 0.220 e. The molecule has 3 rings (SSSR count). The molecule has 1 aliphatic heterocycles. The lowest BCUT2D eigenvalue weighted by Gasteiger charge is -2.34. The minimum atomic E-state index is -0.695. The van der Waals surface area contributed by atoms with Crippen LogP contribution in [0.3, 0.4) is 0 Å². The molecule has 2 aromatic carbocycles. The maximum absolute atomic E-state index is 13.5. The SMILES string of the molecule is COc1ccc(C(C#N)(CCCC2C(=O)c3cc(OC)c(OC)cc3C[NH+]2C)C(C)C)cc1OC.[Cl-]. The summed E-state index contributed by atoms with van der Waals surface area (Å²) in [4.78, 5) is 14.6. The number of likely N-dealkylation sites (N-methyl/N-ethyl adjacent to an activating group) is 1. The molecule has 0 saturated carbocycles. The Labute approximate surface area is 220 Å². The van der Waals surface area contributed by atoms with E-state index in [4.69, 9.17) is 18.9 Å². The molecule has 1 aliphatic rings. The minimum Gasteiger partial charge on any atom is -1.00 e. The normalized spacial score (nSPS) is 18.4. The summed E-state index contributed by atoms with van der Waals surface area (Å²) in [6.07, 6.45) is 2.09. The van der Waals surface area contributed by atoms with Gasteiger partial charge in [0.25, 0.3) is 0 Å². The van der Waals surface area contributed by atoms with Crippen LogP contribution in [0.25, 0.3) is 0 Å². The number of ether oxygens (including phenoxy) is 4. The van der Waals surface area contributed by atoms with Crippen molar-refractivity contribution in [3.63, 3.8) is 0 Å². The number of carbonyl (C=O) groups is 1. The lowest BCUT2D eigenvalue weighted by molar-refractivity contribution is -0.911. The summed E-state index contributed by atoms with van der Waals surface area (Å²) in [5.41, 5.74) is 1.89. The van der Waals surface area contributed by atoms with Crippen molar-refractivity contribution in [2.24, 2.45) is 5.92 Å². The first-order valence-electron chi connectivity index (χ1n) is 12.0. The van der Waals surface area contributed by atoms with Gasteiger partial charge in [-0.15, -0.1) is 0 Å². The highest BCUT2D eigenvalue weighted by atomic mass is 35.5. The molecule has 0 saturated heterocycles. The highest BCUT2D eigenvalue weighted by Crippen LogP contribution is 2.41. The Bertz CT molecular complexity index is 1110. The zero-order chi connectivity index (χ0) is 25.8. The summed E-state index contributed by atoms with van der Waals surface area (Å²) >= 11 is 0. The van der Waals surface area contributed by atoms with Crippen molar-refractivity contribution in [1.82, 2.24) is 0 Å². The van der Waals surface area contributed by atoms with Crippen LogP contribution in [0.4, 0.5) is 0 Å². The number of methoxy groups -OCH3 is 4. The summed E-state index contributed by atoms with van der Waals surface area (Å²) in [5, 5.41) is 10.3. The average Bonchev–Trinajstić information content (AvgIpc) is 2.87. The highest BCUT2D eigenvalue weighted by Gasteiger charge is 2.39. The number of benzene rings is 2. The summed E-state index contributed by atoms with van der Waals surface area (Å²) in [5.74, 6) is 2.64. The molecular formula is C28H37ClN2O5. The third kappa shape index (κ3) is 5.40. The van der Waals surface area contributed by atoms with Gasteiger partial charge in [0.1, 0.15) is 6.54 Å². The van der Waals surface area contributed by atoms with Crippen molar-refractivity contribution < 1.29 is 41.0 Å². The van der Waals surface area contributed by atoms with Gasteiger partial charge < -0.3 is 36.3 Å². The molecule has 0 aromatic heterocycles. The van der Waals surface area contributed by atoms with Crippen LogP contribution in [0.2, 0.25) is 0 Å². The van der Waals surface area contributed by atoms with Gasteiger partial charge in [0.2, 0.25) is 5.78 Å². The molecule has 0 aliphatic carbocycles. The number of nitrogens with zero attached hydrogens (tertiary/aromatic N) is 1. The van der Waals surface area contributed by atoms with Gasteiger partial charge in [-0.05, 0) is 48.6 Å². The van der Waals surface area contributed by atoms with E-state index in [1.54, 1.807) is 34.5 Å². The molecule has 0 bridgehead atoms. The quantitative estimate of drug-likeness (QED) is 0.498. The van der Waals surface area contributed by atoms with E-state index in [2.05, 4.69) is 27.0 Å². The fourth-order valence-corrected chi connectivity index (χ4v) is 5.22. The summed E-state index contributed by atoms with van der Waals surface area (Å²) in [7, 11) is 8.43. The van der Waals surface area contributed by atoms with Crippen LogP contribution in [0.1, 0.15) is 54.6 Å². The standard InChI is InChI=1S/C28H36N2O5.ClH/c1-18(2)28(17-29,20-10-11-23(32-4)25(14-20)34-6)12-8-9-22-27(31)21-15-26(35-7)24(33-5)13-19(21)16-30(22)3;/h10-11,13-15,18,22H,8-9,12,16H2,1-7H3;1H. The maximum Gasteiger partial charge on any atom is 0.220 e. The molecule has 36 heavy (non-hydrogen) atoms. The molecule has 3 unspecified atom stereocenters. The van der Waals surface area contributed by atoms with Crippen LogP contribution >= 0.6 is 0 Å². The van der Waals surface area contributed by atoms with Crippen molar-refractivity contribution in [1.29, 1.82) is 5.26 Å². The predicted molar refractivity (Wildman–Crippen MR) is 134 cm³/mol. The van der Waals surface area contributed by atoms with Gasteiger partial charge in [-0.3, -0.25) is 4.79 Å². The van der Waals surface area contributed by atoms with Gasteiger partial charge in [0.05, 0.1) is 47.0 Å². The van der Waals surface area contributed by atoms with Crippen LogP contribution in [0.5, 0.6) is 23.0 Å². The fourth-order valence-electron chi connectivity index (χ4n) is 5.22. The van der Waals surface area contributed by atoms with Gasteiger partial charge in [0, 0.05) is 17.5 Å². The Balaban J connectivity index is 0.00000456. The molecule has 1 heterocycles.